The van der Waals surface area contributed by atoms with Crippen LogP contribution in [-0.2, 0) is 0 Å². The Bertz CT molecular complexity index is 244. The molecule has 0 saturated heterocycles. The zero-order valence-electron chi connectivity index (χ0n) is 5.79. The van der Waals surface area contributed by atoms with Gasteiger partial charge in [0.15, 0.2) is 0 Å². The number of hydrogen-bond donors (Lipinski definition) is 2. The van der Waals surface area contributed by atoms with Crippen molar-refractivity contribution in [1.29, 1.82) is 0 Å². The highest BCUT2D eigenvalue weighted by atomic mass is 32.1. The van der Waals surface area contributed by atoms with Crippen LogP contribution in [0.3, 0.4) is 0 Å². The molecule has 0 unspecified atom stereocenters. The second kappa shape index (κ2) is 2.94. The van der Waals surface area contributed by atoms with E-state index in [2.05, 4.69) is 4.98 Å². The molecule has 1 heterocycles. The minimum Gasteiger partial charge on any atom is -0.353 e. The topological polar surface area (TPSA) is 41.8 Å². The summed E-state index contributed by atoms with van der Waals surface area (Å²) in [5, 5.41) is 0. The molecule has 0 spiro atoms. The third kappa shape index (κ3) is 1.65. The Morgan fingerprint density at radius 1 is 1.60 bits per heavy atom. The molecule has 1 atom stereocenters. The monoisotopic (exact) mass is 154 g/mol. The van der Waals surface area contributed by atoms with Gasteiger partial charge in [0.2, 0.25) is 0 Å². The molecule has 10 heavy (non-hydrogen) atoms. The summed E-state index contributed by atoms with van der Waals surface area (Å²) in [6, 6.07) is 3.85. The van der Waals surface area contributed by atoms with Crippen molar-refractivity contribution in [2.75, 3.05) is 0 Å². The zero-order chi connectivity index (χ0) is 7.56. The summed E-state index contributed by atoms with van der Waals surface area (Å²) in [5.74, 6) is 0. The number of pyridine rings is 1. The van der Waals surface area contributed by atoms with Crippen molar-refractivity contribution in [2.24, 2.45) is 5.73 Å². The molecule has 3 N–H and O–H groups in total. The number of nitrogens with one attached hydrogen (secondary N) is 1. The maximum atomic E-state index is 5.61. The van der Waals surface area contributed by atoms with Crippen LogP contribution in [0.5, 0.6) is 0 Å². The molecule has 0 amide bonds. The van der Waals surface area contributed by atoms with Gasteiger partial charge in [-0.05, 0) is 18.6 Å². The molecule has 0 aromatic carbocycles. The predicted octanol–water partition coefficient (Wildman–Crippen LogP) is 1.76. The summed E-state index contributed by atoms with van der Waals surface area (Å²) < 4.78 is 0.740. The van der Waals surface area contributed by atoms with Crippen molar-refractivity contribution in [3.63, 3.8) is 0 Å². The van der Waals surface area contributed by atoms with Gasteiger partial charge in [0.05, 0.1) is 0 Å². The van der Waals surface area contributed by atoms with Crippen LogP contribution in [0.15, 0.2) is 18.3 Å². The van der Waals surface area contributed by atoms with Crippen LogP contribution in [0.1, 0.15) is 18.5 Å². The van der Waals surface area contributed by atoms with E-state index in [1.165, 1.54) is 0 Å². The molecule has 0 radical (unpaired) electrons. The van der Waals surface area contributed by atoms with E-state index in [-0.39, 0.29) is 6.04 Å². The van der Waals surface area contributed by atoms with Gasteiger partial charge >= 0.3 is 0 Å². The number of nitrogens with two attached hydrogens (primary N) is 1. The smallest absolute Gasteiger partial charge is 0.103 e. The summed E-state index contributed by atoms with van der Waals surface area (Å²) in [5.41, 5.74) is 6.69. The largest absolute Gasteiger partial charge is 0.353 e. The molecule has 2 nitrogen and oxygen atoms in total. The van der Waals surface area contributed by atoms with E-state index in [0.29, 0.717) is 0 Å². The van der Waals surface area contributed by atoms with E-state index in [9.17, 15) is 0 Å². The second-order valence-corrected chi connectivity index (χ2v) is 2.71. The number of H-pyrrole nitrogens is 1. The fraction of sp³-hybridized carbons (Fsp3) is 0.286. The minimum absolute atomic E-state index is 0.0758. The third-order valence-electron chi connectivity index (χ3n) is 1.33. The van der Waals surface area contributed by atoms with Gasteiger partial charge in [0.25, 0.3) is 0 Å². The van der Waals surface area contributed by atoms with Crippen LogP contribution in [-0.4, -0.2) is 4.98 Å². The van der Waals surface area contributed by atoms with Crippen LogP contribution in [0.4, 0.5) is 0 Å². The summed E-state index contributed by atoms with van der Waals surface area (Å²) >= 11 is 4.86. The molecular weight excluding hydrogens is 144 g/mol. The minimum atomic E-state index is 0.0758. The Morgan fingerprint density at radius 2 is 2.30 bits per heavy atom. The van der Waals surface area contributed by atoms with Crippen molar-refractivity contribution in [1.82, 2.24) is 4.98 Å². The highest BCUT2D eigenvalue weighted by Gasteiger charge is 1.95. The summed E-state index contributed by atoms with van der Waals surface area (Å²) in [4.78, 5) is 2.92. The fourth-order valence-electron chi connectivity index (χ4n) is 0.706. The average molecular weight is 154 g/mol. The summed E-state index contributed by atoms with van der Waals surface area (Å²) in [7, 11) is 0. The summed E-state index contributed by atoms with van der Waals surface area (Å²) in [6.45, 7) is 1.94. The predicted molar refractivity (Wildman–Crippen MR) is 44.2 cm³/mol. The first-order chi connectivity index (χ1) is 4.70. The van der Waals surface area contributed by atoms with Crippen molar-refractivity contribution in [3.05, 3.63) is 28.5 Å². The Hall–Kier alpha value is -0.670. The second-order valence-electron chi connectivity index (χ2n) is 2.27. The molecule has 0 aliphatic carbocycles. The van der Waals surface area contributed by atoms with E-state index >= 15 is 0 Å². The number of aromatic amines is 1. The molecule has 3 heteroatoms. The van der Waals surface area contributed by atoms with Crippen LogP contribution >= 0.6 is 12.2 Å². The third-order valence-corrected chi connectivity index (χ3v) is 1.59. The van der Waals surface area contributed by atoms with Gasteiger partial charge in [-0.2, -0.15) is 0 Å². The Balaban J connectivity index is 3.00. The number of aromatic nitrogens is 1. The molecule has 54 valence electrons. The SMILES string of the molecule is C[C@H](N)c1ccc(=S)[nH]c1. The van der Waals surface area contributed by atoms with Crippen LogP contribution in [0.25, 0.3) is 0 Å². The molecule has 0 fully saturated rings. The number of rotatable bonds is 1. The van der Waals surface area contributed by atoms with Gasteiger partial charge in [0.1, 0.15) is 4.64 Å². The Kier molecular flexibility index (Phi) is 2.19. The van der Waals surface area contributed by atoms with Crippen LogP contribution < -0.4 is 5.73 Å². The highest BCUT2D eigenvalue weighted by molar-refractivity contribution is 7.71. The zero-order valence-corrected chi connectivity index (χ0v) is 6.61. The summed E-state index contributed by atoms with van der Waals surface area (Å²) in [6.07, 6.45) is 1.84. The first kappa shape index (κ1) is 7.44. The Morgan fingerprint density at radius 3 is 2.70 bits per heavy atom. The molecule has 0 aliphatic rings. The fourth-order valence-corrected chi connectivity index (χ4v) is 0.833. The van der Waals surface area contributed by atoms with Gasteiger partial charge in [-0.1, -0.05) is 18.3 Å². The van der Waals surface area contributed by atoms with Crippen LogP contribution in [0.2, 0.25) is 0 Å². The van der Waals surface area contributed by atoms with E-state index in [0.717, 1.165) is 10.2 Å². The quantitative estimate of drug-likeness (QED) is 0.605. The lowest BCUT2D eigenvalue weighted by atomic mass is 10.2. The molecule has 0 aliphatic heterocycles. The van der Waals surface area contributed by atoms with Crippen molar-refractivity contribution < 1.29 is 0 Å². The van der Waals surface area contributed by atoms with Gasteiger partial charge in [-0.3, -0.25) is 0 Å². The van der Waals surface area contributed by atoms with E-state index in [4.69, 9.17) is 18.0 Å². The lowest BCUT2D eigenvalue weighted by Gasteiger charge is -2.02. The van der Waals surface area contributed by atoms with Gasteiger partial charge in [0, 0.05) is 12.2 Å². The molecule has 1 rings (SSSR count). The van der Waals surface area contributed by atoms with E-state index in [1.54, 1.807) is 0 Å². The van der Waals surface area contributed by atoms with E-state index in [1.807, 2.05) is 25.3 Å². The standard InChI is InChI=1S/C7H10N2S/c1-5(8)6-2-3-7(10)9-4-6/h2-5H,8H2,1H3,(H,9,10)/t5-/m0/s1. The Labute approximate surface area is 65.1 Å². The normalized spacial score (nSPS) is 13.0. The molecule has 0 saturated carbocycles. The lowest BCUT2D eigenvalue weighted by Crippen LogP contribution is -2.04. The van der Waals surface area contributed by atoms with Crippen LogP contribution in [0, 0.1) is 4.64 Å². The maximum Gasteiger partial charge on any atom is 0.103 e. The van der Waals surface area contributed by atoms with Gasteiger partial charge in [-0.15, -0.1) is 0 Å². The molecular formula is C7H10N2S. The first-order valence-corrected chi connectivity index (χ1v) is 3.55. The van der Waals surface area contributed by atoms with Crippen molar-refractivity contribution >= 4 is 12.2 Å². The average Bonchev–Trinajstić information content (AvgIpc) is 1.88. The molecule has 1 aromatic rings. The van der Waals surface area contributed by atoms with Gasteiger partial charge < -0.3 is 10.7 Å². The maximum absolute atomic E-state index is 5.61. The number of hydrogen-bond acceptors (Lipinski definition) is 2. The van der Waals surface area contributed by atoms with Crippen molar-refractivity contribution in [3.8, 4) is 0 Å². The first-order valence-electron chi connectivity index (χ1n) is 3.14. The molecule has 0 bridgehead atoms. The van der Waals surface area contributed by atoms with Crippen molar-refractivity contribution in [2.45, 2.75) is 13.0 Å². The molecule has 1 aromatic heterocycles. The lowest BCUT2D eigenvalue weighted by molar-refractivity contribution is 0.811. The van der Waals surface area contributed by atoms with E-state index < -0.39 is 0 Å². The highest BCUT2D eigenvalue weighted by Crippen LogP contribution is 2.05. The van der Waals surface area contributed by atoms with Gasteiger partial charge in [-0.25, -0.2) is 0 Å².